The fourth-order valence-electron chi connectivity index (χ4n) is 0.877. The van der Waals surface area contributed by atoms with E-state index < -0.39 is 12.0 Å². The molecule has 1 amide bonds. The van der Waals surface area contributed by atoms with E-state index in [2.05, 4.69) is 11.9 Å². The van der Waals surface area contributed by atoms with Crippen molar-refractivity contribution in [3.63, 3.8) is 0 Å². The van der Waals surface area contributed by atoms with E-state index in [0.29, 0.717) is 12.2 Å². The maximum Gasteiger partial charge on any atom is 0.326 e. The van der Waals surface area contributed by atoms with Crippen molar-refractivity contribution in [1.82, 2.24) is 5.32 Å². The van der Waals surface area contributed by atoms with Crippen LogP contribution in [0, 0.1) is 0 Å². The van der Waals surface area contributed by atoms with Gasteiger partial charge in [-0.05, 0) is 18.4 Å². The van der Waals surface area contributed by atoms with E-state index in [9.17, 15) is 9.59 Å². The number of thioether (sulfide) groups is 1. The number of carbonyl (C=O) groups excluding carboxylic acids is 1. The van der Waals surface area contributed by atoms with E-state index in [1.54, 1.807) is 11.8 Å². The predicted molar refractivity (Wildman–Crippen MR) is 57.4 cm³/mol. The number of carbonyl (C=O) groups is 2. The third kappa shape index (κ3) is 5.64. The number of rotatable bonds is 7. The van der Waals surface area contributed by atoms with Crippen LogP contribution < -0.4 is 5.32 Å². The van der Waals surface area contributed by atoms with Crippen LogP contribution >= 0.6 is 11.8 Å². The van der Waals surface area contributed by atoms with Gasteiger partial charge in [-0.1, -0.05) is 6.08 Å². The van der Waals surface area contributed by atoms with E-state index in [4.69, 9.17) is 5.11 Å². The summed E-state index contributed by atoms with van der Waals surface area (Å²) in [6.07, 6.45) is 3.94. The van der Waals surface area contributed by atoms with Crippen molar-refractivity contribution in [3.8, 4) is 0 Å². The average molecular weight is 217 g/mol. The molecule has 0 aliphatic heterocycles. The molecule has 2 N–H and O–H groups in total. The third-order valence-corrected chi connectivity index (χ3v) is 2.22. The first-order valence-electron chi connectivity index (χ1n) is 4.23. The van der Waals surface area contributed by atoms with Crippen molar-refractivity contribution < 1.29 is 14.7 Å². The fraction of sp³-hybridized carbons (Fsp3) is 0.556. The number of hydrogen-bond donors (Lipinski definition) is 2. The fourth-order valence-corrected chi connectivity index (χ4v) is 1.35. The quantitative estimate of drug-likeness (QED) is 0.621. The lowest BCUT2D eigenvalue weighted by Gasteiger charge is -2.12. The van der Waals surface area contributed by atoms with Gasteiger partial charge in [-0.3, -0.25) is 4.79 Å². The molecule has 0 aliphatic rings. The molecule has 0 fully saturated rings. The Kier molecular flexibility index (Phi) is 6.92. The van der Waals surface area contributed by atoms with Gasteiger partial charge < -0.3 is 10.4 Å². The SMILES string of the molecule is C=CCC(=O)N[C@@H](CCSC)C(=O)O. The van der Waals surface area contributed by atoms with Crippen molar-refractivity contribution in [2.75, 3.05) is 12.0 Å². The first kappa shape index (κ1) is 13.0. The third-order valence-electron chi connectivity index (χ3n) is 1.57. The lowest BCUT2D eigenvalue weighted by atomic mass is 10.2. The zero-order valence-electron chi connectivity index (χ0n) is 8.16. The van der Waals surface area contributed by atoms with Crippen molar-refractivity contribution in [3.05, 3.63) is 12.7 Å². The summed E-state index contributed by atoms with van der Waals surface area (Å²) >= 11 is 1.55. The first-order chi connectivity index (χ1) is 6.61. The Hall–Kier alpha value is -0.970. The van der Waals surface area contributed by atoms with Gasteiger partial charge in [0, 0.05) is 6.42 Å². The molecule has 0 aliphatic carbocycles. The van der Waals surface area contributed by atoms with Crippen molar-refractivity contribution in [2.24, 2.45) is 0 Å². The molecule has 1 atom stereocenters. The average Bonchev–Trinajstić information content (AvgIpc) is 2.12. The zero-order chi connectivity index (χ0) is 11.0. The van der Waals surface area contributed by atoms with Gasteiger partial charge in [-0.2, -0.15) is 11.8 Å². The topological polar surface area (TPSA) is 66.4 Å². The molecule has 0 rings (SSSR count). The van der Waals surface area contributed by atoms with Crippen LogP contribution in [0.25, 0.3) is 0 Å². The summed E-state index contributed by atoms with van der Waals surface area (Å²) in [7, 11) is 0. The second-order valence-electron chi connectivity index (χ2n) is 2.73. The molecule has 0 radical (unpaired) electrons. The van der Waals surface area contributed by atoms with Gasteiger partial charge in [-0.15, -0.1) is 6.58 Å². The Labute approximate surface area is 87.8 Å². The molecule has 0 aromatic carbocycles. The molecular formula is C9H15NO3S. The molecule has 0 heterocycles. The van der Waals surface area contributed by atoms with Crippen molar-refractivity contribution in [1.29, 1.82) is 0 Å². The van der Waals surface area contributed by atoms with Gasteiger partial charge in [0.15, 0.2) is 0 Å². The van der Waals surface area contributed by atoms with Crippen molar-refractivity contribution >= 4 is 23.6 Å². The maximum atomic E-state index is 11.1. The van der Waals surface area contributed by atoms with Gasteiger partial charge in [0.05, 0.1) is 0 Å². The Balaban J connectivity index is 4.01. The molecule has 0 aromatic heterocycles. The van der Waals surface area contributed by atoms with Gasteiger partial charge in [-0.25, -0.2) is 4.79 Å². The van der Waals surface area contributed by atoms with Gasteiger partial charge in [0.1, 0.15) is 6.04 Å². The summed E-state index contributed by atoms with van der Waals surface area (Å²) in [5.41, 5.74) is 0. The van der Waals surface area contributed by atoms with Gasteiger partial charge in [0.2, 0.25) is 5.91 Å². The summed E-state index contributed by atoms with van der Waals surface area (Å²) in [6.45, 7) is 3.40. The Bertz CT molecular complexity index is 218. The smallest absolute Gasteiger partial charge is 0.326 e. The summed E-state index contributed by atoms with van der Waals surface area (Å²) in [5.74, 6) is -0.573. The van der Waals surface area contributed by atoms with E-state index in [1.807, 2.05) is 6.26 Å². The highest BCUT2D eigenvalue weighted by molar-refractivity contribution is 7.98. The summed E-state index contributed by atoms with van der Waals surface area (Å²) in [6, 6.07) is -0.783. The molecular weight excluding hydrogens is 202 g/mol. The lowest BCUT2D eigenvalue weighted by molar-refractivity contribution is -0.141. The number of amides is 1. The van der Waals surface area contributed by atoms with Crippen LogP contribution in [-0.4, -0.2) is 35.0 Å². The normalized spacial score (nSPS) is 11.8. The van der Waals surface area contributed by atoms with Crippen LogP contribution in [0.5, 0.6) is 0 Å². The maximum absolute atomic E-state index is 11.1. The molecule has 0 saturated heterocycles. The van der Waals surface area contributed by atoms with E-state index in [0.717, 1.165) is 0 Å². The minimum Gasteiger partial charge on any atom is -0.480 e. The molecule has 4 nitrogen and oxygen atoms in total. The largest absolute Gasteiger partial charge is 0.480 e. The number of nitrogens with one attached hydrogen (secondary N) is 1. The monoisotopic (exact) mass is 217 g/mol. The second-order valence-corrected chi connectivity index (χ2v) is 3.72. The molecule has 14 heavy (non-hydrogen) atoms. The predicted octanol–water partition coefficient (Wildman–Crippen LogP) is 0.885. The first-order valence-corrected chi connectivity index (χ1v) is 5.63. The minimum absolute atomic E-state index is 0.156. The second kappa shape index (κ2) is 7.44. The number of carboxylic acids is 1. The highest BCUT2D eigenvalue weighted by Gasteiger charge is 2.18. The summed E-state index contributed by atoms with van der Waals surface area (Å²) in [4.78, 5) is 21.8. The van der Waals surface area contributed by atoms with Gasteiger partial charge in [0.25, 0.3) is 0 Å². The summed E-state index contributed by atoms with van der Waals surface area (Å²) < 4.78 is 0. The number of carboxylic acid groups (broad SMARTS) is 1. The molecule has 80 valence electrons. The van der Waals surface area contributed by atoms with Crippen molar-refractivity contribution in [2.45, 2.75) is 18.9 Å². The van der Waals surface area contributed by atoms with E-state index in [1.165, 1.54) is 6.08 Å². The van der Waals surface area contributed by atoms with E-state index in [-0.39, 0.29) is 12.3 Å². The van der Waals surface area contributed by atoms with E-state index >= 15 is 0 Å². The molecule has 0 bridgehead atoms. The zero-order valence-corrected chi connectivity index (χ0v) is 8.97. The summed E-state index contributed by atoms with van der Waals surface area (Å²) in [5, 5.41) is 11.2. The molecule has 5 heteroatoms. The van der Waals surface area contributed by atoms with Crippen LogP contribution in [0.1, 0.15) is 12.8 Å². The number of aliphatic carboxylic acids is 1. The van der Waals surface area contributed by atoms with Crippen LogP contribution in [0.4, 0.5) is 0 Å². The minimum atomic E-state index is -0.989. The molecule has 0 aromatic rings. The van der Waals surface area contributed by atoms with Crippen LogP contribution in [0.2, 0.25) is 0 Å². The highest BCUT2D eigenvalue weighted by Crippen LogP contribution is 2.01. The molecule has 0 spiro atoms. The Morgan fingerprint density at radius 2 is 2.29 bits per heavy atom. The standard InChI is InChI=1S/C9H15NO3S/c1-3-4-8(11)10-7(9(12)13)5-6-14-2/h3,7H,1,4-6H2,2H3,(H,10,11)(H,12,13)/t7-/m0/s1. The highest BCUT2D eigenvalue weighted by atomic mass is 32.2. The Morgan fingerprint density at radius 3 is 2.71 bits per heavy atom. The van der Waals surface area contributed by atoms with Gasteiger partial charge >= 0.3 is 5.97 Å². The van der Waals surface area contributed by atoms with Crippen LogP contribution in [0.15, 0.2) is 12.7 Å². The molecule has 0 unspecified atom stereocenters. The Morgan fingerprint density at radius 1 is 1.64 bits per heavy atom. The molecule has 0 saturated carbocycles. The lowest BCUT2D eigenvalue weighted by Crippen LogP contribution is -2.40. The van der Waals surface area contributed by atoms with Crippen LogP contribution in [-0.2, 0) is 9.59 Å². The van der Waals surface area contributed by atoms with Crippen LogP contribution in [0.3, 0.4) is 0 Å². The number of hydrogen-bond acceptors (Lipinski definition) is 3.